The van der Waals surface area contributed by atoms with Gasteiger partial charge in [-0.15, -0.1) is 24.9 Å². The zero-order valence-electron chi connectivity index (χ0n) is 21.6. The quantitative estimate of drug-likeness (QED) is 0.223. The molecule has 0 bridgehead atoms. The largest absolute Gasteiger partial charge is 0.573 e. The van der Waals surface area contributed by atoms with Gasteiger partial charge in [-0.3, -0.25) is 9.59 Å². The third kappa shape index (κ3) is 7.41. The topological polar surface area (TPSA) is 90.8 Å². The number of halogens is 3. The minimum Gasteiger partial charge on any atom is -0.493 e. The van der Waals surface area contributed by atoms with Crippen LogP contribution in [0.4, 0.5) is 18.9 Å². The Morgan fingerprint density at radius 3 is 2.38 bits per heavy atom. The number of benzene rings is 3. The first-order valence-electron chi connectivity index (χ1n) is 12.0. The van der Waals surface area contributed by atoms with Crippen molar-refractivity contribution in [2.75, 3.05) is 31.8 Å². The number of alkyl halides is 3. The Labute approximate surface area is 232 Å². The average Bonchev–Trinajstić information content (AvgIpc) is 3.29. The zero-order chi connectivity index (χ0) is 28.7. The van der Waals surface area contributed by atoms with E-state index in [1.165, 1.54) is 38.1 Å². The second-order valence-corrected chi connectivity index (χ2v) is 9.46. The maximum Gasteiger partial charge on any atom is 0.573 e. The molecule has 8 nitrogen and oxygen atoms in total. The minimum atomic E-state index is -4.78. The molecule has 0 unspecified atom stereocenters. The molecule has 2 N–H and O–H groups in total. The fourth-order valence-corrected chi connectivity index (χ4v) is 4.85. The molecule has 0 saturated heterocycles. The summed E-state index contributed by atoms with van der Waals surface area (Å²) in [6, 6.07) is 17.6. The summed E-state index contributed by atoms with van der Waals surface area (Å²) in [7, 11) is 3.03. The molecule has 0 aliphatic rings. The van der Waals surface area contributed by atoms with E-state index in [0.29, 0.717) is 35.8 Å². The molecule has 0 aliphatic carbocycles. The van der Waals surface area contributed by atoms with Crippen LogP contribution in [0, 0.1) is 0 Å². The Hall–Kier alpha value is -4.32. The van der Waals surface area contributed by atoms with Gasteiger partial charge in [0.15, 0.2) is 11.5 Å². The number of rotatable bonds is 11. The molecule has 0 radical (unpaired) electrons. The number of nitrogens with one attached hydrogen (secondary N) is 2. The molecule has 1 aromatic heterocycles. The van der Waals surface area contributed by atoms with E-state index in [9.17, 15) is 22.8 Å². The molecule has 12 heteroatoms. The van der Waals surface area contributed by atoms with Gasteiger partial charge in [-0.1, -0.05) is 18.2 Å². The number of hydrogen-bond acceptors (Lipinski definition) is 6. The van der Waals surface area contributed by atoms with Gasteiger partial charge in [-0.2, -0.15) is 0 Å². The predicted molar refractivity (Wildman–Crippen MR) is 146 cm³/mol. The summed E-state index contributed by atoms with van der Waals surface area (Å²) in [6.07, 6.45) is -2.86. The molecular weight excluding hydrogens is 547 g/mol. The highest BCUT2D eigenvalue weighted by atomic mass is 32.2. The summed E-state index contributed by atoms with van der Waals surface area (Å²) in [5.41, 5.74) is 1.75. The molecule has 0 saturated carbocycles. The van der Waals surface area contributed by atoms with Crippen LogP contribution in [0.3, 0.4) is 0 Å². The van der Waals surface area contributed by atoms with Crippen LogP contribution < -0.4 is 24.8 Å². The lowest BCUT2D eigenvalue weighted by Crippen LogP contribution is -2.27. The number of carbonyl (C=O) groups excluding carboxylic acids is 2. The summed E-state index contributed by atoms with van der Waals surface area (Å²) < 4.78 is 53.3. The summed E-state index contributed by atoms with van der Waals surface area (Å²) in [5, 5.41) is 6.53. The van der Waals surface area contributed by atoms with Gasteiger partial charge in [0.1, 0.15) is 5.75 Å². The monoisotopic (exact) mass is 573 g/mol. The van der Waals surface area contributed by atoms with E-state index in [4.69, 9.17) is 9.47 Å². The molecule has 3 aromatic carbocycles. The van der Waals surface area contributed by atoms with Crippen molar-refractivity contribution in [1.29, 1.82) is 0 Å². The van der Waals surface area contributed by atoms with Crippen LogP contribution in [-0.2, 0) is 11.3 Å². The number of hydrogen-bond donors (Lipinski definition) is 2. The van der Waals surface area contributed by atoms with Gasteiger partial charge in [0.05, 0.1) is 20.0 Å². The van der Waals surface area contributed by atoms with Crippen LogP contribution in [0.2, 0.25) is 0 Å². The Morgan fingerprint density at radius 1 is 0.950 bits per heavy atom. The van der Waals surface area contributed by atoms with Crippen molar-refractivity contribution in [1.82, 2.24) is 9.88 Å². The average molecular weight is 574 g/mol. The lowest BCUT2D eigenvalue weighted by Gasteiger charge is -2.10. The number of nitrogens with zero attached hydrogens (tertiary/aromatic N) is 1. The molecule has 0 fully saturated rings. The first-order valence-corrected chi connectivity index (χ1v) is 13.0. The van der Waals surface area contributed by atoms with Gasteiger partial charge in [0.25, 0.3) is 5.91 Å². The number of para-hydroxylation sites is 1. The van der Waals surface area contributed by atoms with E-state index < -0.39 is 6.36 Å². The number of methoxy groups -OCH3 is 2. The molecule has 4 rings (SSSR count). The Balaban J connectivity index is 1.34. The lowest BCUT2D eigenvalue weighted by atomic mass is 10.2. The van der Waals surface area contributed by atoms with Crippen molar-refractivity contribution in [3.05, 3.63) is 78.5 Å². The number of anilines is 1. The Morgan fingerprint density at radius 2 is 1.68 bits per heavy atom. The van der Waals surface area contributed by atoms with E-state index in [-0.39, 0.29) is 23.3 Å². The third-order valence-corrected chi connectivity index (χ3v) is 6.81. The van der Waals surface area contributed by atoms with Crippen LogP contribution in [0.25, 0.3) is 10.9 Å². The summed E-state index contributed by atoms with van der Waals surface area (Å²) in [4.78, 5) is 26.0. The fraction of sp³-hybridized carbons (Fsp3) is 0.214. The van der Waals surface area contributed by atoms with Crippen molar-refractivity contribution in [3.63, 3.8) is 0 Å². The smallest absolute Gasteiger partial charge is 0.493 e. The highest BCUT2D eigenvalue weighted by Gasteiger charge is 2.31. The second-order valence-electron chi connectivity index (χ2n) is 8.44. The van der Waals surface area contributed by atoms with Gasteiger partial charge in [-0.05, 0) is 48.5 Å². The summed E-state index contributed by atoms with van der Waals surface area (Å²) in [6.45, 7) is 0.864. The molecule has 40 heavy (non-hydrogen) atoms. The van der Waals surface area contributed by atoms with Gasteiger partial charge in [-0.25, -0.2) is 0 Å². The molecular formula is C28H26F3N3O5S. The number of aromatic nitrogens is 1. The molecule has 210 valence electrons. The molecule has 2 amide bonds. The Kier molecular flexibility index (Phi) is 9.10. The van der Waals surface area contributed by atoms with Gasteiger partial charge in [0, 0.05) is 46.3 Å². The molecule has 0 spiro atoms. The van der Waals surface area contributed by atoms with Gasteiger partial charge in [0.2, 0.25) is 5.91 Å². The van der Waals surface area contributed by atoms with Crippen LogP contribution >= 0.6 is 11.8 Å². The SMILES string of the molecule is COc1ccc(C(=O)NCCn2cc(SCC(=O)Nc3ccc(OC(F)(F)F)cc3)c3ccccc32)cc1OC. The van der Waals surface area contributed by atoms with E-state index in [2.05, 4.69) is 15.4 Å². The number of fused-ring (bicyclic) bond motifs is 1. The first-order chi connectivity index (χ1) is 19.2. The van der Waals surface area contributed by atoms with Gasteiger partial charge < -0.3 is 29.4 Å². The Bertz CT molecular complexity index is 1490. The molecule has 0 aliphatic heterocycles. The standard InChI is InChI=1S/C28H26F3N3O5S/c1-37-23-12-7-18(15-24(23)38-2)27(36)32-13-14-34-16-25(21-5-3-4-6-22(21)34)40-17-26(35)33-19-8-10-20(11-9-19)39-28(29,30)31/h3-12,15-16H,13-14,17H2,1-2H3,(H,32,36)(H,33,35). The van der Waals surface area contributed by atoms with Crippen LogP contribution in [0.15, 0.2) is 77.8 Å². The van der Waals surface area contributed by atoms with E-state index in [0.717, 1.165) is 27.9 Å². The second kappa shape index (κ2) is 12.7. The predicted octanol–water partition coefficient (Wildman–Crippen LogP) is 5.72. The van der Waals surface area contributed by atoms with Gasteiger partial charge >= 0.3 is 6.36 Å². The summed E-state index contributed by atoms with van der Waals surface area (Å²) >= 11 is 1.33. The third-order valence-electron chi connectivity index (χ3n) is 5.77. The normalized spacial score (nSPS) is 11.2. The molecule has 1 heterocycles. The van der Waals surface area contributed by atoms with E-state index in [1.54, 1.807) is 18.2 Å². The van der Waals surface area contributed by atoms with Crippen LogP contribution in [0.1, 0.15) is 10.4 Å². The maximum absolute atomic E-state index is 12.7. The fourth-order valence-electron chi connectivity index (χ4n) is 3.96. The van der Waals surface area contributed by atoms with E-state index >= 15 is 0 Å². The van der Waals surface area contributed by atoms with Crippen LogP contribution in [-0.4, -0.2) is 49.3 Å². The first kappa shape index (κ1) is 28.7. The van der Waals surface area contributed by atoms with Crippen molar-refractivity contribution in [2.45, 2.75) is 17.8 Å². The maximum atomic E-state index is 12.7. The minimum absolute atomic E-state index is 0.0881. The number of thioether (sulfide) groups is 1. The van der Waals surface area contributed by atoms with E-state index in [1.807, 2.05) is 35.0 Å². The zero-order valence-corrected chi connectivity index (χ0v) is 22.4. The van der Waals surface area contributed by atoms with Crippen LogP contribution in [0.5, 0.6) is 17.2 Å². The highest BCUT2D eigenvalue weighted by Crippen LogP contribution is 2.31. The number of amides is 2. The molecule has 0 atom stereocenters. The highest BCUT2D eigenvalue weighted by molar-refractivity contribution is 8.00. The van der Waals surface area contributed by atoms with Crippen molar-refractivity contribution in [2.24, 2.45) is 0 Å². The summed E-state index contributed by atoms with van der Waals surface area (Å²) in [5.74, 6) is 0.155. The lowest BCUT2D eigenvalue weighted by molar-refractivity contribution is -0.274. The number of carbonyl (C=O) groups is 2. The molecule has 4 aromatic rings. The van der Waals surface area contributed by atoms with Crippen molar-refractivity contribution in [3.8, 4) is 17.2 Å². The number of ether oxygens (including phenoxy) is 3. The van der Waals surface area contributed by atoms with Crippen molar-refractivity contribution < 1.29 is 37.0 Å². The van der Waals surface area contributed by atoms with Crippen molar-refractivity contribution >= 4 is 40.2 Å².